The second-order valence-corrected chi connectivity index (χ2v) is 5.47. The van der Waals surface area contributed by atoms with Gasteiger partial charge in [-0.25, -0.2) is 0 Å². The predicted molar refractivity (Wildman–Crippen MR) is 82.3 cm³/mol. The first-order valence-electron chi connectivity index (χ1n) is 7.23. The minimum Gasteiger partial charge on any atom is -0.496 e. The van der Waals surface area contributed by atoms with Crippen molar-refractivity contribution in [1.82, 2.24) is 5.32 Å². The van der Waals surface area contributed by atoms with Crippen molar-refractivity contribution in [3.8, 4) is 5.75 Å². The minimum atomic E-state index is 0.305. The molecule has 0 aliphatic heterocycles. The van der Waals surface area contributed by atoms with Crippen molar-refractivity contribution in [2.24, 2.45) is 0 Å². The van der Waals surface area contributed by atoms with Crippen molar-refractivity contribution in [2.45, 2.75) is 25.3 Å². The Kier molecular flexibility index (Phi) is 3.75. The maximum absolute atomic E-state index is 5.43. The molecule has 20 heavy (non-hydrogen) atoms. The third-order valence-electron chi connectivity index (χ3n) is 4.24. The van der Waals surface area contributed by atoms with E-state index in [0.29, 0.717) is 12.0 Å². The molecule has 0 radical (unpaired) electrons. The molecule has 3 rings (SSSR count). The van der Waals surface area contributed by atoms with E-state index in [0.717, 1.165) is 12.3 Å². The van der Waals surface area contributed by atoms with Gasteiger partial charge in [0.25, 0.3) is 0 Å². The quantitative estimate of drug-likeness (QED) is 0.892. The summed E-state index contributed by atoms with van der Waals surface area (Å²) in [5.74, 6) is 1.62. The van der Waals surface area contributed by atoms with Gasteiger partial charge in [-0.15, -0.1) is 0 Å². The van der Waals surface area contributed by atoms with Crippen LogP contribution in [0.25, 0.3) is 0 Å². The molecule has 104 valence electrons. The number of ether oxygens (including phenoxy) is 1. The molecule has 2 aromatic carbocycles. The summed E-state index contributed by atoms with van der Waals surface area (Å²) in [6, 6.07) is 17.3. The van der Waals surface area contributed by atoms with Crippen LogP contribution in [0.15, 0.2) is 48.5 Å². The first-order valence-corrected chi connectivity index (χ1v) is 7.23. The number of para-hydroxylation sites is 1. The molecule has 0 aromatic heterocycles. The molecular weight excluding hydrogens is 246 g/mol. The lowest BCUT2D eigenvalue weighted by atomic mass is 9.77. The van der Waals surface area contributed by atoms with Gasteiger partial charge in [0.1, 0.15) is 5.75 Å². The SMILES string of the molecule is COc1ccccc1[C@@H](C)NCC1Cc2ccccc21. The van der Waals surface area contributed by atoms with Crippen LogP contribution in [0, 0.1) is 0 Å². The van der Waals surface area contributed by atoms with Gasteiger partial charge in [-0.1, -0.05) is 42.5 Å². The van der Waals surface area contributed by atoms with Gasteiger partial charge in [-0.3, -0.25) is 0 Å². The molecule has 0 bridgehead atoms. The molecule has 0 saturated carbocycles. The largest absolute Gasteiger partial charge is 0.496 e. The summed E-state index contributed by atoms with van der Waals surface area (Å²) in [5.41, 5.74) is 4.24. The summed E-state index contributed by atoms with van der Waals surface area (Å²) in [6.07, 6.45) is 1.20. The predicted octanol–water partition coefficient (Wildman–Crippen LogP) is 3.69. The highest BCUT2D eigenvalue weighted by Gasteiger charge is 2.25. The molecular formula is C18H21NO. The Hall–Kier alpha value is -1.80. The Bertz CT molecular complexity index is 593. The highest BCUT2D eigenvalue weighted by Crippen LogP contribution is 2.34. The van der Waals surface area contributed by atoms with Gasteiger partial charge >= 0.3 is 0 Å². The van der Waals surface area contributed by atoms with Gasteiger partial charge in [-0.05, 0) is 30.5 Å². The molecule has 2 atom stereocenters. The molecule has 2 aromatic rings. The van der Waals surface area contributed by atoms with Crippen molar-refractivity contribution in [2.75, 3.05) is 13.7 Å². The number of hydrogen-bond acceptors (Lipinski definition) is 2. The molecule has 1 aliphatic carbocycles. The highest BCUT2D eigenvalue weighted by molar-refractivity contribution is 5.40. The molecule has 0 heterocycles. The second kappa shape index (κ2) is 5.68. The number of methoxy groups -OCH3 is 1. The summed E-state index contributed by atoms with van der Waals surface area (Å²) in [5, 5.41) is 3.64. The molecule has 0 saturated heterocycles. The number of hydrogen-bond donors (Lipinski definition) is 1. The number of nitrogens with one attached hydrogen (secondary N) is 1. The Morgan fingerprint density at radius 3 is 2.70 bits per heavy atom. The van der Waals surface area contributed by atoms with E-state index < -0.39 is 0 Å². The van der Waals surface area contributed by atoms with Gasteiger partial charge in [0.05, 0.1) is 7.11 Å². The van der Waals surface area contributed by atoms with E-state index in [1.807, 2.05) is 12.1 Å². The van der Waals surface area contributed by atoms with Crippen LogP contribution in [-0.2, 0) is 6.42 Å². The normalized spacial score (nSPS) is 18.0. The molecule has 0 fully saturated rings. The lowest BCUT2D eigenvalue weighted by Gasteiger charge is -2.31. The van der Waals surface area contributed by atoms with Crippen LogP contribution in [-0.4, -0.2) is 13.7 Å². The zero-order chi connectivity index (χ0) is 13.9. The lowest BCUT2D eigenvalue weighted by Crippen LogP contribution is -2.30. The molecule has 0 amide bonds. The average Bonchev–Trinajstić information content (AvgIpc) is 2.48. The van der Waals surface area contributed by atoms with Crippen LogP contribution >= 0.6 is 0 Å². The standard InChI is InChI=1S/C18H21NO/c1-13(16-8-5-6-10-18(16)20-2)19-12-15-11-14-7-3-4-9-17(14)15/h3-10,13,15,19H,11-12H2,1-2H3/t13-,15?/m1/s1. The monoisotopic (exact) mass is 267 g/mol. The molecule has 1 N–H and O–H groups in total. The van der Waals surface area contributed by atoms with Crippen LogP contribution < -0.4 is 10.1 Å². The van der Waals surface area contributed by atoms with Crippen molar-refractivity contribution in [3.63, 3.8) is 0 Å². The summed E-state index contributed by atoms with van der Waals surface area (Å²) < 4.78 is 5.43. The fraction of sp³-hybridized carbons (Fsp3) is 0.333. The Morgan fingerprint density at radius 1 is 1.15 bits per heavy atom. The smallest absolute Gasteiger partial charge is 0.123 e. The number of fused-ring (bicyclic) bond motifs is 1. The molecule has 1 unspecified atom stereocenters. The summed E-state index contributed by atoms with van der Waals surface area (Å²) in [4.78, 5) is 0. The average molecular weight is 267 g/mol. The van der Waals surface area contributed by atoms with Crippen molar-refractivity contribution < 1.29 is 4.74 Å². The number of rotatable bonds is 5. The van der Waals surface area contributed by atoms with Crippen LogP contribution in [0.1, 0.15) is 35.6 Å². The second-order valence-electron chi connectivity index (χ2n) is 5.47. The van der Waals surface area contributed by atoms with Gasteiger partial charge in [0, 0.05) is 24.1 Å². The van der Waals surface area contributed by atoms with Gasteiger partial charge in [0.2, 0.25) is 0 Å². The van der Waals surface area contributed by atoms with Crippen LogP contribution in [0.5, 0.6) is 5.75 Å². The van der Waals surface area contributed by atoms with Crippen LogP contribution in [0.2, 0.25) is 0 Å². The van der Waals surface area contributed by atoms with Crippen molar-refractivity contribution in [3.05, 3.63) is 65.2 Å². The fourth-order valence-corrected chi connectivity index (χ4v) is 3.00. The van der Waals surface area contributed by atoms with Gasteiger partial charge in [-0.2, -0.15) is 0 Å². The highest BCUT2D eigenvalue weighted by atomic mass is 16.5. The van der Waals surface area contributed by atoms with Crippen molar-refractivity contribution >= 4 is 0 Å². The van der Waals surface area contributed by atoms with Crippen molar-refractivity contribution in [1.29, 1.82) is 0 Å². The van der Waals surface area contributed by atoms with Crippen LogP contribution in [0.3, 0.4) is 0 Å². The molecule has 1 aliphatic rings. The molecule has 0 spiro atoms. The maximum Gasteiger partial charge on any atom is 0.123 e. The Morgan fingerprint density at radius 2 is 1.90 bits per heavy atom. The zero-order valence-electron chi connectivity index (χ0n) is 12.1. The molecule has 2 nitrogen and oxygen atoms in total. The lowest BCUT2D eigenvalue weighted by molar-refractivity contribution is 0.398. The third kappa shape index (κ3) is 2.44. The van der Waals surface area contributed by atoms with E-state index in [1.54, 1.807) is 7.11 Å². The summed E-state index contributed by atoms with van der Waals surface area (Å²) in [7, 11) is 1.73. The summed E-state index contributed by atoms with van der Waals surface area (Å²) >= 11 is 0. The van der Waals surface area contributed by atoms with Gasteiger partial charge < -0.3 is 10.1 Å². The Labute approximate surface area is 120 Å². The third-order valence-corrected chi connectivity index (χ3v) is 4.24. The van der Waals surface area contributed by atoms with E-state index in [1.165, 1.54) is 23.1 Å². The fourth-order valence-electron chi connectivity index (χ4n) is 3.00. The van der Waals surface area contributed by atoms with E-state index in [9.17, 15) is 0 Å². The van der Waals surface area contributed by atoms with E-state index in [2.05, 4.69) is 48.6 Å². The zero-order valence-corrected chi connectivity index (χ0v) is 12.1. The van der Waals surface area contributed by atoms with E-state index in [4.69, 9.17) is 4.74 Å². The van der Waals surface area contributed by atoms with E-state index in [-0.39, 0.29) is 0 Å². The Balaban J connectivity index is 1.62. The summed E-state index contributed by atoms with van der Waals surface area (Å²) in [6.45, 7) is 3.22. The topological polar surface area (TPSA) is 21.3 Å². The van der Waals surface area contributed by atoms with E-state index >= 15 is 0 Å². The number of benzene rings is 2. The first-order chi connectivity index (χ1) is 9.79. The minimum absolute atomic E-state index is 0.305. The van der Waals surface area contributed by atoms with Gasteiger partial charge in [0.15, 0.2) is 0 Å². The molecule has 2 heteroatoms. The maximum atomic E-state index is 5.43. The first kappa shape index (κ1) is 13.2. The van der Waals surface area contributed by atoms with Crippen LogP contribution in [0.4, 0.5) is 0 Å².